The molecule has 118 valence electrons. The topological polar surface area (TPSA) is 64.0 Å². The minimum Gasteiger partial charge on any atom is -0.365 e. The highest BCUT2D eigenvalue weighted by Crippen LogP contribution is 2.39. The van der Waals surface area contributed by atoms with Crippen LogP contribution in [0.25, 0.3) is 0 Å². The van der Waals surface area contributed by atoms with Gasteiger partial charge in [0.15, 0.2) is 5.16 Å². The minimum atomic E-state index is 0. The average molecular weight is 316 g/mol. The average Bonchev–Trinajstić information content (AvgIpc) is 2.49. The zero-order chi connectivity index (χ0) is 14.7. The summed E-state index contributed by atoms with van der Waals surface area (Å²) in [5, 5.41) is 0.805. The van der Waals surface area contributed by atoms with Gasteiger partial charge < -0.3 is 11.1 Å². The van der Waals surface area contributed by atoms with Gasteiger partial charge in [-0.2, -0.15) is 0 Å². The van der Waals surface area contributed by atoms with Gasteiger partial charge in [-0.05, 0) is 63.1 Å². The molecule has 3 rings (SSSR count). The van der Waals surface area contributed by atoms with Crippen molar-refractivity contribution in [3.63, 3.8) is 0 Å². The molecular formula is C17H24N4S. The van der Waals surface area contributed by atoms with E-state index in [4.69, 9.17) is 0 Å². The van der Waals surface area contributed by atoms with Crippen molar-refractivity contribution < 1.29 is 0 Å². The predicted octanol–water partition coefficient (Wildman–Crippen LogP) is 4.56. The number of para-hydroxylation sites is 1. The van der Waals surface area contributed by atoms with Gasteiger partial charge in [-0.3, -0.25) is 0 Å². The molecule has 0 bridgehead atoms. The van der Waals surface area contributed by atoms with Gasteiger partial charge in [-0.1, -0.05) is 12.1 Å². The SMILES string of the molecule is CC1(C)CCCCN1c1ccccc1Sc1ncccn1.N. The number of aromatic nitrogens is 2. The van der Waals surface area contributed by atoms with E-state index in [0.717, 1.165) is 11.7 Å². The van der Waals surface area contributed by atoms with Gasteiger partial charge in [0.25, 0.3) is 0 Å². The maximum absolute atomic E-state index is 4.33. The maximum atomic E-state index is 4.33. The molecule has 0 radical (unpaired) electrons. The van der Waals surface area contributed by atoms with Crippen molar-refractivity contribution in [1.82, 2.24) is 16.1 Å². The highest BCUT2D eigenvalue weighted by molar-refractivity contribution is 7.99. The lowest BCUT2D eigenvalue weighted by molar-refractivity contribution is 0.360. The Morgan fingerprint density at radius 1 is 1.05 bits per heavy atom. The third-order valence-corrected chi connectivity index (χ3v) is 5.01. The molecule has 0 amide bonds. The van der Waals surface area contributed by atoms with Gasteiger partial charge in [0.1, 0.15) is 0 Å². The Bertz CT molecular complexity index is 601. The molecule has 1 saturated heterocycles. The van der Waals surface area contributed by atoms with Crippen molar-refractivity contribution in [1.29, 1.82) is 0 Å². The first-order valence-electron chi connectivity index (χ1n) is 7.48. The van der Waals surface area contributed by atoms with Crippen LogP contribution < -0.4 is 11.1 Å². The fraction of sp³-hybridized carbons (Fsp3) is 0.412. The number of anilines is 1. The van der Waals surface area contributed by atoms with Gasteiger partial charge in [0, 0.05) is 29.4 Å². The van der Waals surface area contributed by atoms with Crippen LogP contribution in [0.2, 0.25) is 0 Å². The van der Waals surface area contributed by atoms with Gasteiger partial charge in [0.2, 0.25) is 0 Å². The standard InChI is InChI=1S/C17H21N3S.H3N/c1-17(2)10-5-6-13-20(17)14-8-3-4-9-15(14)21-16-18-11-7-12-19-16;/h3-4,7-9,11-12H,5-6,10,13H2,1-2H3;1H3. The second-order valence-corrected chi connectivity index (χ2v) is 7.03. The van der Waals surface area contributed by atoms with E-state index in [9.17, 15) is 0 Å². The summed E-state index contributed by atoms with van der Waals surface area (Å²) >= 11 is 1.64. The molecule has 2 aromatic rings. The quantitative estimate of drug-likeness (QED) is 0.841. The molecule has 1 aromatic heterocycles. The van der Waals surface area contributed by atoms with Gasteiger partial charge in [-0.15, -0.1) is 0 Å². The summed E-state index contributed by atoms with van der Waals surface area (Å²) < 4.78 is 0. The number of benzene rings is 1. The predicted molar refractivity (Wildman–Crippen MR) is 92.9 cm³/mol. The van der Waals surface area contributed by atoms with Crippen molar-refractivity contribution in [3.8, 4) is 0 Å². The van der Waals surface area contributed by atoms with E-state index in [0.29, 0.717) is 0 Å². The van der Waals surface area contributed by atoms with E-state index in [1.165, 1.54) is 29.8 Å². The van der Waals surface area contributed by atoms with Crippen molar-refractivity contribution in [3.05, 3.63) is 42.7 Å². The van der Waals surface area contributed by atoms with Crippen molar-refractivity contribution in [2.45, 2.75) is 48.7 Å². The van der Waals surface area contributed by atoms with Gasteiger partial charge in [0.05, 0.1) is 5.69 Å². The first kappa shape index (κ1) is 16.8. The minimum absolute atomic E-state index is 0. The second kappa shape index (κ2) is 7.11. The summed E-state index contributed by atoms with van der Waals surface area (Å²) in [6.45, 7) is 5.81. The molecule has 5 heteroatoms. The van der Waals surface area contributed by atoms with E-state index < -0.39 is 0 Å². The van der Waals surface area contributed by atoms with E-state index in [1.807, 2.05) is 6.07 Å². The first-order chi connectivity index (χ1) is 10.2. The molecule has 1 aliphatic rings. The largest absolute Gasteiger partial charge is 0.365 e. The molecule has 1 aromatic carbocycles. The monoisotopic (exact) mass is 316 g/mol. The number of nitrogens with zero attached hydrogens (tertiary/aromatic N) is 3. The Labute approximate surface area is 136 Å². The molecule has 0 aliphatic carbocycles. The molecule has 0 spiro atoms. The summed E-state index contributed by atoms with van der Waals surface area (Å²) in [4.78, 5) is 12.4. The molecule has 1 fully saturated rings. The molecule has 3 N–H and O–H groups in total. The Morgan fingerprint density at radius 2 is 1.77 bits per heavy atom. The summed E-state index contributed by atoms with van der Waals surface area (Å²) in [5.74, 6) is 0. The fourth-order valence-electron chi connectivity index (χ4n) is 2.91. The highest BCUT2D eigenvalue weighted by Gasteiger charge is 2.31. The Kier molecular flexibility index (Phi) is 5.42. The molecule has 4 nitrogen and oxygen atoms in total. The third-order valence-electron chi connectivity index (χ3n) is 4.05. The molecule has 0 atom stereocenters. The van der Waals surface area contributed by atoms with E-state index in [2.05, 4.69) is 53.0 Å². The van der Waals surface area contributed by atoms with Crippen LogP contribution in [0.15, 0.2) is 52.8 Å². The summed E-state index contributed by atoms with van der Waals surface area (Å²) in [7, 11) is 0. The Morgan fingerprint density at radius 3 is 2.50 bits per heavy atom. The number of piperidine rings is 1. The van der Waals surface area contributed by atoms with E-state index in [-0.39, 0.29) is 11.7 Å². The summed E-state index contributed by atoms with van der Waals surface area (Å²) in [5.41, 5.74) is 1.52. The van der Waals surface area contributed by atoms with Crippen LogP contribution in [-0.4, -0.2) is 22.1 Å². The lowest BCUT2D eigenvalue weighted by Crippen LogP contribution is -2.47. The van der Waals surface area contributed by atoms with Crippen LogP contribution in [0.5, 0.6) is 0 Å². The maximum Gasteiger partial charge on any atom is 0.192 e. The number of hydrogen-bond acceptors (Lipinski definition) is 5. The van der Waals surface area contributed by atoms with Gasteiger partial charge >= 0.3 is 0 Å². The normalized spacial score (nSPS) is 16.9. The van der Waals surface area contributed by atoms with E-state index in [1.54, 1.807) is 24.2 Å². The zero-order valence-corrected chi connectivity index (χ0v) is 14.1. The van der Waals surface area contributed by atoms with Crippen LogP contribution in [0, 0.1) is 0 Å². The smallest absolute Gasteiger partial charge is 0.192 e. The van der Waals surface area contributed by atoms with Crippen molar-refractivity contribution in [2.75, 3.05) is 11.4 Å². The van der Waals surface area contributed by atoms with Crippen LogP contribution in [0.4, 0.5) is 5.69 Å². The molecule has 22 heavy (non-hydrogen) atoms. The lowest BCUT2D eigenvalue weighted by Gasteiger charge is -2.45. The van der Waals surface area contributed by atoms with Gasteiger partial charge in [-0.25, -0.2) is 9.97 Å². The van der Waals surface area contributed by atoms with Crippen molar-refractivity contribution >= 4 is 17.4 Å². The Balaban J connectivity index is 0.00000176. The second-order valence-electron chi connectivity index (χ2n) is 6.02. The fourth-order valence-corrected chi connectivity index (χ4v) is 3.77. The van der Waals surface area contributed by atoms with Crippen LogP contribution in [-0.2, 0) is 0 Å². The number of hydrogen-bond donors (Lipinski definition) is 1. The first-order valence-corrected chi connectivity index (χ1v) is 8.30. The molecule has 2 heterocycles. The highest BCUT2D eigenvalue weighted by atomic mass is 32.2. The molecular weight excluding hydrogens is 292 g/mol. The van der Waals surface area contributed by atoms with Crippen molar-refractivity contribution in [2.24, 2.45) is 0 Å². The van der Waals surface area contributed by atoms with Crippen LogP contribution >= 0.6 is 11.8 Å². The van der Waals surface area contributed by atoms with E-state index >= 15 is 0 Å². The van der Waals surface area contributed by atoms with Crippen LogP contribution in [0.3, 0.4) is 0 Å². The zero-order valence-electron chi connectivity index (χ0n) is 13.3. The lowest BCUT2D eigenvalue weighted by atomic mass is 9.90. The summed E-state index contributed by atoms with van der Waals surface area (Å²) in [6.07, 6.45) is 7.42. The molecule has 0 unspecified atom stereocenters. The van der Waals surface area contributed by atoms with Crippen LogP contribution in [0.1, 0.15) is 33.1 Å². The molecule has 1 aliphatic heterocycles. The third kappa shape index (κ3) is 3.59. The molecule has 0 saturated carbocycles. The number of rotatable bonds is 3. The Hall–Kier alpha value is -1.59. The summed E-state index contributed by atoms with van der Waals surface area (Å²) in [6, 6.07) is 10.4.